The molecule has 0 atom stereocenters. The van der Waals surface area contributed by atoms with Crippen LogP contribution in [-0.2, 0) is 15.6 Å². The van der Waals surface area contributed by atoms with Crippen LogP contribution < -0.4 is 4.74 Å². The molecule has 0 bridgehead atoms. The van der Waals surface area contributed by atoms with Crippen molar-refractivity contribution in [2.75, 3.05) is 12.4 Å². The third-order valence-electron chi connectivity index (χ3n) is 3.93. The molecule has 1 aliphatic heterocycles. The van der Waals surface area contributed by atoms with E-state index >= 15 is 0 Å². The zero-order valence-electron chi connectivity index (χ0n) is 14.2. The fourth-order valence-electron chi connectivity index (χ4n) is 2.59. The summed E-state index contributed by atoms with van der Waals surface area (Å²) in [6.45, 7) is 12.7. The first-order valence-electron chi connectivity index (χ1n) is 7.51. The Morgan fingerprint density at radius 1 is 1.27 bits per heavy atom. The summed E-state index contributed by atoms with van der Waals surface area (Å²) in [5.74, 6) is 1.11. The molecule has 0 amide bonds. The van der Waals surface area contributed by atoms with Crippen LogP contribution in [0.3, 0.4) is 0 Å². The van der Waals surface area contributed by atoms with Crippen molar-refractivity contribution in [1.82, 2.24) is 0 Å². The Kier molecular flexibility index (Phi) is 4.44. The summed E-state index contributed by atoms with van der Waals surface area (Å²) in [5, 5.41) is -0.0331. The van der Waals surface area contributed by atoms with Crippen LogP contribution in [0.25, 0.3) is 0 Å². The molecule has 0 radical (unpaired) electrons. The maximum absolute atomic E-state index is 12.4. The number of thioether (sulfide) groups is 1. The van der Waals surface area contributed by atoms with Crippen LogP contribution in [0, 0.1) is 0 Å². The molecule has 0 saturated carbocycles. The van der Waals surface area contributed by atoms with E-state index in [2.05, 4.69) is 34.6 Å². The van der Waals surface area contributed by atoms with Gasteiger partial charge in [0.1, 0.15) is 5.75 Å². The minimum Gasteiger partial charge on any atom is -0.492 e. The number of hydrogen-bond acceptors (Lipinski definition) is 4. The highest BCUT2D eigenvalue weighted by Crippen LogP contribution is 2.45. The van der Waals surface area contributed by atoms with Gasteiger partial charge < -0.3 is 4.74 Å². The fourth-order valence-corrected chi connectivity index (χ4v) is 3.09. The molecule has 0 unspecified atom stereocenters. The van der Waals surface area contributed by atoms with Gasteiger partial charge in [-0.1, -0.05) is 46.4 Å². The lowest BCUT2D eigenvalue weighted by molar-refractivity contribution is -0.109. The molecular weight excluding hydrogens is 296 g/mol. The van der Waals surface area contributed by atoms with Gasteiger partial charge in [0.25, 0.3) is 0 Å². The van der Waals surface area contributed by atoms with Crippen molar-refractivity contribution in [2.45, 2.75) is 52.4 Å². The lowest BCUT2D eigenvalue weighted by Crippen LogP contribution is -2.19. The molecule has 1 aromatic carbocycles. The predicted molar refractivity (Wildman–Crippen MR) is 91.1 cm³/mol. The van der Waals surface area contributed by atoms with E-state index < -0.39 is 0 Å². The number of ether oxygens (including phenoxy) is 1. The van der Waals surface area contributed by atoms with Gasteiger partial charge in [0.2, 0.25) is 0 Å². The van der Waals surface area contributed by atoms with E-state index in [9.17, 15) is 9.59 Å². The second-order valence-electron chi connectivity index (χ2n) is 7.53. The highest BCUT2D eigenvalue weighted by Gasteiger charge is 2.36. The second kappa shape index (κ2) is 5.73. The van der Waals surface area contributed by atoms with Crippen molar-refractivity contribution >= 4 is 22.7 Å². The van der Waals surface area contributed by atoms with Crippen molar-refractivity contribution in [2.24, 2.45) is 0 Å². The van der Waals surface area contributed by atoms with Crippen LogP contribution in [0.2, 0.25) is 0 Å². The largest absolute Gasteiger partial charge is 0.492 e. The van der Waals surface area contributed by atoms with Crippen molar-refractivity contribution in [1.29, 1.82) is 0 Å². The molecule has 0 aliphatic carbocycles. The van der Waals surface area contributed by atoms with Gasteiger partial charge in [0.15, 0.2) is 10.9 Å². The number of ketones is 1. The lowest BCUT2D eigenvalue weighted by atomic mass is 9.79. The fraction of sp³-hybridized carbons (Fsp3) is 0.556. The summed E-state index contributed by atoms with van der Waals surface area (Å²) in [7, 11) is 0. The zero-order valence-corrected chi connectivity index (χ0v) is 15.0. The van der Waals surface area contributed by atoms with E-state index in [1.54, 1.807) is 0 Å². The average molecular weight is 320 g/mol. The second-order valence-corrected chi connectivity index (χ2v) is 8.68. The Morgan fingerprint density at radius 3 is 2.45 bits per heavy atom. The van der Waals surface area contributed by atoms with Crippen LogP contribution in [0.15, 0.2) is 12.1 Å². The van der Waals surface area contributed by atoms with E-state index in [-0.39, 0.29) is 27.5 Å². The zero-order chi connectivity index (χ0) is 16.7. The Morgan fingerprint density at radius 2 is 1.91 bits per heavy atom. The molecular formula is C18H24O3S. The normalized spacial score (nSPS) is 16.1. The molecule has 120 valence electrons. The van der Waals surface area contributed by atoms with Crippen molar-refractivity contribution in [3.05, 3.63) is 28.8 Å². The Bertz CT molecular complexity index is 624. The summed E-state index contributed by atoms with van der Waals surface area (Å²) in [5.41, 5.74) is 2.63. The minimum absolute atomic E-state index is 0.00352. The first-order valence-corrected chi connectivity index (χ1v) is 8.49. The van der Waals surface area contributed by atoms with Crippen molar-refractivity contribution in [3.63, 3.8) is 0 Å². The molecule has 22 heavy (non-hydrogen) atoms. The molecule has 0 aromatic heterocycles. The van der Waals surface area contributed by atoms with E-state index in [0.29, 0.717) is 12.2 Å². The molecule has 1 aliphatic rings. The summed E-state index contributed by atoms with van der Waals surface area (Å²) < 4.78 is 5.93. The standard InChI is InChI=1S/C18H24O3S/c1-11(19)22-9-15(20)12-7-13(17(2,3)4)16-14(8-12)18(5,6)10-21-16/h7-8H,9-10H2,1-6H3. The van der Waals surface area contributed by atoms with Gasteiger partial charge in [-0.2, -0.15) is 0 Å². The summed E-state index contributed by atoms with van der Waals surface area (Å²) in [6.07, 6.45) is 0. The molecule has 2 rings (SSSR count). The van der Waals surface area contributed by atoms with E-state index in [0.717, 1.165) is 28.6 Å². The molecule has 0 spiro atoms. The maximum atomic E-state index is 12.4. The highest BCUT2D eigenvalue weighted by atomic mass is 32.2. The number of benzene rings is 1. The number of hydrogen-bond donors (Lipinski definition) is 0. The van der Waals surface area contributed by atoms with Crippen LogP contribution in [-0.4, -0.2) is 23.3 Å². The van der Waals surface area contributed by atoms with E-state index in [4.69, 9.17) is 4.74 Å². The van der Waals surface area contributed by atoms with Gasteiger partial charge in [-0.15, -0.1) is 0 Å². The Hall–Kier alpha value is -1.29. The molecule has 1 heterocycles. The smallest absolute Gasteiger partial charge is 0.186 e. The number of carbonyl (C=O) groups excluding carboxylic acids is 2. The first kappa shape index (κ1) is 17.1. The quantitative estimate of drug-likeness (QED) is 0.786. The van der Waals surface area contributed by atoms with Gasteiger partial charge >= 0.3 is 0 Å². The van der Waals surface area contributed by atoms with Crippen LogP contribution in [0.4, 0.5) is 0 Å². The van der Waals surface area contributed by atoms with E-state index in [1.807, 2.05) is 12.1 Å². The van der Waals surface area contributed by atoms with Gasteiger partial charge in [0, 0.05) is 29.0 Å². The maximum Gasteiger partial charge on any atom is 0.186 e. The average Bonchev–Trinajstić information content (AvgIpc) is 2.70. The van der Waals surface area contributed by atoms with Crippen molar-refractivity contribution < 1.29 is 14.3 Å². The van der Waals surface area contributed by atoms with Crippen LogP contribution in [0.1, 0.15) is 63.0 Å². The van der Waals surface area contributed by atoms with Crippen LogP contribution in [0.5, 0.6) is 5.75 Å². The van der Waals surface area contributed by atoms with Gasteiger partial charge in [-0.3, -0.25) is 9.59 Å². The van der Waals surface area contributed by atoms with Gasteiger partial charge in [0.05, 0.1) is 12.4 Å². The third kappa shape index (κ3) is 3.37. The molecule has 3 nitrogen and oxygen atoms in total. The van der Waals surface area contributed by atoms with Crippen molar-refractivity contribution in [3.8, 4) is 5.75 Å². The highest BCUT2D eigenvalue weighted by molar-refractivity contribution is 8.14. The summed E-state index contributed by atoms with van der Waals surface area (Å²) in [4.78, 5) is 23.5. The lowest BCUT2D eigenvalue weighted by Gasteiger charge is -2.24. The monoisotopic (exact) mass is 320 g/mol. The van der Waals surface area contributed by atoms with Crippen LogP contribution >= 0.6 is 11.8 Å². The molecule has 0 N–H and O–H groups in total. The third-order valence-corrected chi connectivity index (χ3v) is 4.74. The summed E-state index contributed by atoms with van der Waals surface area (Å²) >= 11 is 1.06. The number of carbonyl (C=O) groups is 2. The first-order chi connectivity index (χ1) is 10.0. The van der Waals surface area contributed by atoms with Gasteiger partial charge in [-0.05, 0) is 17.5 Å². The number of Topliss-reactive ketones (excluding diaryl/α,β-unsaturated/α-hetero) is 1. The molecule has 4 heteroatoms. The Labute approximate surface area is 136 Å². The SMILES string of the molecule is CC(=O)SCC(=O)c1cc(C(C)(C)C)c2c(c1)C(C)(C)CO2. The minimum atomic E-state index is -0.103. The molecule has 1 aromatic rings. The predicted octanol–water partition coefficient (Wildman–Crippen LogP) is 4.12. The molecule has 0 fully saturated rings. The Balaban J connectivity index is 2.49. The van der Waals surface area contributed by atoms with Gasteiger partial charge in [-0.25, -0.2) is 0 Å². The number of fused-ring (bicyclic) bond motifs is 1. The molecule has 0 saturated heterocycles. The topological polar surface area (TPSA) is 43.4 Å². The number of rotatable bonds is 3. The van der Waals surface area contributed by atoms with E-state index in [1.165, 1.54) is 6.92 Å². The summed E-state index contributed by atoms with van der Waals surface area (Å²) in [6, 6.07) is 3.88.